The highest BCUT2D eigenvalue weighted by Gasteiger charge is 2.16. The summed E-state index contributed by atoms with van der Waals surface area (Å²) in [5.41, 5.74) is 5.91. The van der Waals surface area contributed by atoms with E-state index in [1.807, 2.05) is 11.3 Å². The van der Waals surface area contributed by atoms with Gasteiger partial charge in [-0.25, -0.2) is 0 Å². The Morgan fingerprint density at radius 1 is 0.341 bits per heavy atom. The van der Waals surface area contributed by atoms with Crippen LogP contribution in [-0.4, -0.2) is 0 Å². The number of nitrogens with zero attached hydrogens (tertiary/aromatic N) is 1. The quantitative estimate of drug-likeness (QED) is 0.188. The first kappa shape index (κ1) is 25.1. The maximum Gasteiger partial charge on any atom is 0.0476 e. The van der Waals surface area contributed by atoms with E-state index in [1.54, 1.807) is 0 Å². The van der Waals surface area contributed by atoms with E-state index in [1.165, 1.54) is 63.6 Å². The van der Waals surface area contributed by atoms with E-state index < -0.39 is 0 Å². The molecule has 0 fully saturated rings. The highest BCUT2D eigenvalue weighted by Crippen LogP contribution is 2.42. The van der Waals surface area contributed by atoms with Crippen LogP contribution in [0, 0.1) is 0 Å². The minimum atomic E-state index is 1.14. The molecule has 2 heteroatoms. The van der Waals surface area contributed by atoms with Gasteiger partial charge in [0.25, 0.3) is 0 Å². The minimum absolute atomic E-state index is 1.14. The molecule has 0 aliphatic heterocycles. The summed E-state index contributed by atoms with van der Waals surface area (Å²) in [6.45, 7) is 0. The van der Waals surface area contributed by atoms with Crippen LogP contribution in [0.3, 0.4) is 0 Å². The standard InChI is InChI=1S/C42H27NS/c1-2-13-32(14-3-1)43(34-22-23-38-40-24-29-10-4-5-11-30(29)26-41(40)44-42(38)27-34)33-20-18-28(19-21-33)39-25-31-12-6-7-15-35(31)36-16-8-9-17-37(36)39/h1-27H. The van der Waals surface area contributed by atoms with E-state index >= 15 is 0 Å². The van der Waals surface area contributed by atoms with Crippen molar-refractivity contribution in [2.24, 2.45) is 0 Å². The van der Waals surface area contributed by atoms with Gasteiger partial charge >= 0.3 is 0 Å². The fraction of sp³-hybridized carbons (Fsp3) is 0. The number of fused-ring (bicyclic) bond motifs is 7. The minimum Gasteiger partial charge on any atom is -0.310 e. The molecule has 206 valence electrons. The summed E-state index contributed by atoms with van der Waals surface area (Å²) in [6.07, 6.45) is 0. The van der Waals surface area contributed by atoms with Crippen molar-refractivity contribution < 1.29 is 0 Å². The van der Waals surface area contributed by atoms with Gasteiger partial charge in [-0.2, -0.15) is 0 Å². The first-order chi connectivity index (χ1) is 21.8. The van der Waals surface area contributed by atoms with E-state index in [2.05, 4.69) is 169 Å². The first-order valence-corrected chi connectivity index (χ1v) is 15.8. The van der Waals surface area contributed by atoms with Crippen molar-refractivity contribution in [1.82, 2.24) is 0 Å². The van der Waals surface area contributed by atoms with Crippen molar-refractivity contribution in [1.29, 1.82) is 0 Å². The summed E-state index contributed by atoms with van der Waals surface area (Å²) < 4.78 is 2.63. The molecule has 0 atom stereocenters. The Labute approximate surface area is 259 Å². The van der Waals surface area contributed by atoms with E-state index in [9.17, 15) is 0 Å². The summed E-state index contributed by atoms with van der Waals surface area (Å²) in [4.78, 5) is 2.36. The summed E-state index contributed by atoms with van der Waals surface area (Å²) >= 11 is 1.87. The van der Waals surface area contributed by atoms with Gasteiger partial charge in [-0.1, -0.05) is 109 Å². The van der Waals surface area contributed by atoms with Crippen LogP contribution >= 0.6 is 11.3 Å². The Bertz CT molecular complexity index is 2490. The zero-order valence-corrected chi connectivity index (χ0v) is 24.8. The number of anilines is 3. The van der Waals surface area contributed by atoms with Crippen LogP contribution < -0.4 is 4.90 Å². The molecule has 1 nitrogen and oxygen atoms in total. The molecule has 0 spiro atoms. The topological polar surface area (TPSA) is 3.24 Å². The summed E-state index contributed by atoms with van der Waals surface area (Å²) in [5.74, 6) is 0. The number of thiophene rings is 1. The van der Waals surface area contributed by atoms with Gasteiger partial charge in [0.2, 0.25) is 0 Å². The van der Waals surface area contributed by atoms with Crippen molar-refractivity contribution in [3.8, 4) is 11.1 Å². The lowest BCUT2D eigenvalue weighted by atomic mass is 9.93. The molecule has 0 bridgehead atoms. The zero-order chi connectivity index (χ0) is 29.0. The third-order valence-corrected chi connectivity index (χ3v) is 9.92. The lowest BCUT2D eigenvalue weighted by Crippen LogP contribution is -2.09. The monoisotopic (exact) mass is 577 g/mol. The van der Waals surface area contributed by atoms with Crippen molar-refractivity contribution in [2.45, 2.75) is 0 Å². The van der Waals surface area contributed by atoms with E-state index in [0.717, 1.165) is 17.1 Å². The molecule has 1 aromatic heterocycles. The van der Waals surface area contributed by atoms with E-state index in [0.29, 0.717) is 0 Å². The van der Waals surface area contributed by atoms with Gasteiger partial charge in [0.15, 0.2) is 0 Å². The zero-order valence-electron chi connectivity index (χ0n) is 23.9. The average molecular weight is 578 g/mol. The second kappa shape index (κ2) is 10.1. The molecule has 0 amide bonds. The van der Waals surface area contributed by atoms with Gasteiger partial charge in [0.1, 0.15) is 0 Å². The molecule has 8 aromatic carbocycles. The lowest BCUT2D eigenvalue weighted by molar-refractivity contribution is 1.29. The molecule has 0 aliphatic rings. The maximum absolute atomic E-state index is 2.36. The van der Waals surface area contributed by atoms with Crippen molar-refractivity contribution in [3.63, 3.8) is 0 Å². The molecule has 9 rings (SSSR count). The molecule has 0 unspecified atom stereocenters. The normalized spacial score (nSPS) is 11.6. The predicted octanol–water partition coefficient (Wildman–Crippen LogP) is 12.7. The smallest absolute Gasteiger partial charge is 0.0476 e. The third-order valence-electron chi connectivity index (χ3n) is 8.80. The molecule has 0 N–H and O–H groups in total. The Hall–Kier alpha value is -5.44. The molecule has 0 radical (unpaired) electrons. The lowest BCUT2D eigenvalue weighted by Gasteiger charge is -2.26. The molecule has 0 saturated heterocycles. The highest BCUT2D eigenvalue weighted by molar-refractivity contribution is 7.25. The maximum atomic E-state index is 2.36. The highest BCUT2D eigenvalue weighted by atomic mass is 32.1. The average Bonchev–Trinajstić information content (AvgIpc) is 3.44. The Morgan fingerprint density at radius 3 is 1.73 bits per heavy atom. The number of para-hydroxylation sites is 1. The van der Waals surface area contributed by atoms with Gasteiger partial charge < -0.3 is 4.90 Å². The number of hydrogen-bond donors (Lipinski definition) is 0. The number of hydrogen-bond acceptors (Lipinski definition) is 2. The van der Waals surface area contributed by atoms with Gasteiger partial charge in [0.05, 0.1) is 0 Å². The third kappa shape index (κ3) is 4.07. The van der Waals surface area contributed by atoms with Gasteiger partial charge in [-0.15, -0.1) is 11.3 Å². The molecule has 0 saturated carbocycles. The predicted molar refractivity (Wildman–Crippen MR) is 192 cm³/mol. The number of rotatable bonds is 4. The van der Waals surface area contributed by atoms with Gasteiger partial charge in [-0.05, 0) is 98.0 Å². The Balaban J connectivity index is 1.18. The first-order valence-electron chi connectivity index (χ1n) is 15.0. The molecular formula is C42H27NS. The van der Waals surface area contributed by atoms with Crippen molar-refractivity contribution in [3.05, 3.63) is 164 Å². The summed E-state index contributed by atoms with van der Waals surface area (Å²) in [7, 11) is 0. The van der Waals surface area contributed by atoms with Crippen LogP contribution in [-0.2, 0) is 0 Å². The Morgan fingerprint density at radius 2 is 0.932 bits per heavy atom. The summed E-state index contributed by atoms with van der Waals surface area (Å²) in [6, 6.07) is 59.7. The SMILES string of the molecule is c1ccc(N(c2ccc(-c3cc4ccccc4c4ccccc34)cc2)c2ccc3c(c2)sc2cc4ccccc4cc23)cc1. The summed E-state index contributed by atoms with van der Waals surface area (Å²) in [5, 5.41) is 10.3. The molecule has 44 heavy (non-hydrogen) atoms. The van der Waals surface area contributed by atoms with Crippen LogP contribution in [0.25, 0.3) is 63.6 Å². The number of benzene rings is 8. The van der Waals surface area contributed by atoms with Gasteiger partial charge in [-0.3, -0.25) is 0 Å². The second-order valence-electron chi connectivity index (χ2n) is 11.4. The largest absolute Gasteiger partial charge is 0.310 e. The molecule has 9 aromatic rings. The Kier molecular flexibility index (Phi) is 5.75. The molecule has 0 aliphatic carbocycles. The van der Waals surface area contributed by atoms with Crippen LogP contribution in [0.15, 0.2) is 164 Å². The van der Waals surface area contributed by atoms with Crippen LogP contribution in [0.4, 0.5) is 17.1 Å². The fourth-order valence-corrected chi connectivity index (χ4v) is 7.87. The van der Waals surface area contributed by atoms with Gasteiger partial charge in [0, 0.05) is 37.2 Å². The molecular weight excluding hydrogens is 551 g/mol. The van der Waals surface area contributed by atoms with Crippen LogP contribution in [0.1, 0.15) is 0 Å². The van der Waals surface area contributed by atoms with Crippen LogP contribution in [0.2, 0.25) is 0 Å². The van der Waals surface area contributed by atoms with E-state index in [4.69, 9.17) is 0 Å². The van der Waals surface area contributed by atoms with Crippen LogP contribution in [0.5, 0.6) is 0 Å². The molecule has 1 heterocycles. The second-order valence-corrected chi connectivity index (χ2v) is 12.5. The van der Waals surface area contributed by atoms with Crippen molar-refractivity contribution in [2.75, 3.05) is 4.90 Å². The van der Waals surface area contributed by atoms with E-state index in [-0.39, 0.29) is 0 Å². The van der Waals surface area contributed by atoms with Crippen molar-refractivity contribution >= 4 is 80.9 Å². The fourth-order valence-electron chi connectivity index (χ4n) is 6.70.